The van der Waals surface area contributed by atoms with Crippen LogP contribution in [0.3, 0.4) is 0 Å². The molecule has 1 saturated carbocycles. The lowest BCUT2D eigenvalue weighted by atomic mass is 9.67. The van der Waals surface area contributed by atoms with Crippen LogP contribution in [0.15, 0.2) is 23.1 Å². The third-order valence-electron chi connectivity index (χ3n) is 7.07. The summed E-state index contributed by atoms with van der Waals surface area (Å²) in [6, 6.07) is 2.52. The molecule has 37 heavy (non-hydrogen) atoms. The van der Waals surface area contributed by atoms with E-state index in [-0.39, 0.29) is 47.5 Å². The van der Waals surface area contributed by atoms with E-state index in [0.717, 1.165) is 6.42 Å². The van der Waals surface area contributed by atoms with E-state index < -0.39 is 33.5 Å². The van der Waals surface area contributed by atoms with Crippen molar-refractivity contribution in [2.45, 2.75) is 44.7 Å². The first-order valence-corrected chi connectivity index (χ1v) is 12.6. The van der Waals surface area contributed by atoms with Gasteiger partial charge in [0, 0.05) is 45.6 Å². The molecule has 0 bridgehead atoms. The molecule has 1 aromatic carbocycles. The Hall–Kier alpha value is -3.11. The second kappa shape index (κ2) is 10.7. The minimum absolute atomic E-state index is 0.0447. The maximum Gasteiger partial charge on any atom is 0.274 e. The van der Waals surface area contributed by atoms with Crippen LogP contribution in [0.25, 0.3) is 0 Å². The van der Waals surface area contributed by atoms with Crippen LogP contribution in [0.1, 0.15) is 59.0 Å². The molecule has 2 aliphatic rings. The summed E-state index contributed by atoms with van der Waals surface area (Å²) in [6.45, 7) is 2.93. The molecule has 1 aliphatic carbocycles. The minimum Gasteiger partial charge on any atom is -0.506 e. The first-order chi connectivity index (χ1) is 17.6. The molecule has 0 unspecified atom stereocenters. The van der Waals surface area contributed by atoms with Crippen LogP contribution < -0.4 is 15.5 Å². The minimum atomic E-state index is -0.862. The lowest BCUT2D eigenvalue weighted by molar-refractivity contribution is -0.0191. The number of amides is 2. The van der Waals surface area contributed by atoms with Crippen molar-refractivity contribution in [3.05, 3.63) is 56.2 Å². The zero-order chi connectivity index (χ0) is 26.9. The van der Waals surface area contributed by atoms with E-state index in [9.17, 15) is 23.9 Å². The number of carbonyl (C=O) groups excluding carboxylic acids is 2. The molecule has 2 amide bonds. The number of hydrogen-bond donors (Lipinski definition) is 2. The lowest BCUT2D eigenvalue weighted by Gasteiger charge is -2.54. The Bertz CT molecular complexity index is 1270. The molecule has 1 aliphatic heterocycles. The molecule has 2 N–H and O–H groups in total. The fraction of sp³-hybridized carbons (Fsp3) is 0.500. The molecular weight excluding hydrogens is 505 g/mol. The van der Waals surface area contributed by atoms with Gasteiger partial charge in [-0.1, -0.05) is 31.0 Å². The summed E-state index contributed by atoms with van der Waals surface area (Å²) < 4.78 is 27.3. The van der Waals surface area contributed by atoms with Crippen LogP contribution in [-0.4, -0.2) is 60.3 Å². The molecule has 1 spiro atoms. The van der Waals surface area contributed by atoms with Crippen LogP contribution in [0, 0.1) is 11.7 Å². The van der Waals surface area contributed by atoms with E-state index in [0.29, 0.717) is 32.4 Å². The molecule has 11 heteroatoms. The maximum absolute atomic E-state index is 14.4. The van der Waals surface area contributed by atoms with Crippen molar-refractivity contribution in [3.63, 3.8) is 0 Å². The van der Waals surface area contributed by atoms with Crippen molar-refractivity contribution in [3.8, 4) is 11.5 Å². The first kappa shape index (κ1) is 26.9. The van der Waals surface area contributed by atoms with Gasteiger partial charge >= 0.3 is 0 Å². The molecule has 1 aromatic heterocycles. The molecule has 0 saturated heterocycles. The van der Waals surface area contributed by atoms with E-state index >= 15 is 0 Å². The number of hydrogen-bond acceptors (Lipinski definition) is 6. The topological polar surface area (TPSA) is 110 Å². The predicted octanol–water partition coefficient (Wildman–Crippen LogP) is 3.29. The normalized spacial score (nSPS) is 20.5. The van der Waals surface area contributed by atoms with Crippen LogP contribution >= 0.6 is 11.6 Å². The van der Waals surface area contributed by atoms with E-state index in [2.05, 4.69) is 5.32 Å². The number of aromatic nitrogens is 1. The number of fused-ring (bicyclic) bond motifs is 2. The van der Waals surface area contributed by atoms with Crippen molar-refractivity contribution in [1.82, 2.24) is 14.8 Å². The summed E-state index contributed by atoms with van der Waals surface area (Å²) in [6.07, 6.45) is 4.33. The van der Waals surface area contributed by atoms with Crippen molar-refractivity contribution in [1.29, 1.82) is 0 Å². The Morgan fingerprint density at radius 3 is 2.73 bits per heavy atom. The maximum atomic E-state index is 14.4. The monoisotopic (exact) mass is 535 g/mol. The molecule has 0 radical (unpaired) electrons. The number of unbranched alkanes of at least 4 members (excludes halogenated alkanes) is 1. The van der Waals surface area contributed by atoms with E-state index in [1.54, 1.807) is 23.6 Å². The summed E-state index contributed by atoms with van der Waals surface area (Å²) in [5.74, 6) is -2.23. The predicted molar refractivity (Wildman–Crippen MR) is 135 cm³/mol. The van der Waals surface area contributed by atoms with Crippen LogP contribution in [-0.2, 0) is 16.8 Å². The number of nitrogens with zero attached hydrogens (tertiary/aromatic N) is 2. The van der Waals surface area contributed by atoms with E-state index in [1.807, 2.05) is 6.92 Å². The Kier molecular flexibility index (Phi) is 7.80. The van der Waals surface area contributed by atoms with Gasteiger partial charge in [0.15, 0.2) is 17.3 Å². The SMILES string of the molecule is CCCCOc1c2n(cc(C(=O)NCc3ccc(O)c(Cl)c3F)c1=O)C1(CC(COC)C1)CN(C)C2=O. The molecule has 2 heterocycles. The number of rotatable bonds is 9. The zero-order valence-corrected chi connectivity index (χ0v) is 21.9. The fourth-order valence-electron chi connectivity index (χ4n) is 5.23. The van der Waals surface area contributed by atoms with Gasteiger partial charge in [0.2, 0.25) is 5.43 Å². The summed E-state index contributed by atoms with van der Waals surface area (Å²) in [5.41, 5.74) is -1.21. The van der Waals surface area contributed by atoms with Crippen LogP contribution in [0.5, 0.6) is 11.5 Å². The van der Waals surface area contributed by atoms with Crippen molar-refractivity contribution in [2.75, 3.05) is 33.9 Å². The van der Waals surface area contributed by atoms with Gasteiger partial charge in [0.05, 0.1) is 12.1 Å². The van der Waals surface area contributed by atoms with Crippen LogP contribution in [0.4, 0.5) is 4.39 Å². The van der Waals surface area contributed by atoms with Gasteiger partial charge in [-0.05, 0) is 31.2 Å². The number of halogens is 2. The third-order valence-corrected chi connectivity index (χ3v) is 7.43. The van der Waals surface area contributed by atoms with E-state index in [4.69, 9.17) is 21.1 Å². The highest BCUT2D eigenvalue weighted by Gasteiger charge is 2.52. The second-order valence-electron chi connectivity index (χ2n) is 9.79. The van der Waals surface area contributed by atoms with Gasteiger partial charge in [0.1, 0.15) is 16.3 Å². The van der Waals surface area contributed by atoms with Crippen molar-refractivity contribution < 1.29 is 28.6 Å². The number of likely N-dealkylation sites (N-methyl/N-ethyl adjacent to an activating group) is 1. The van der Waals surface area contributed by atoms with Crippen molar-refractivity contribution >= 4 is 23.4 Å². The summed E-state index contributed by atoms with van der Waals surface area (Å²) >= 11 is 5.76. The molecule has 9 nitrogen and oxygen atoms in total. The number of phenolic OH excluding ortho intramolecular Hbond substituents is 1. The highest BCUT2D eigenvalue weighted by molar-refractivity contribution is 6.32. The third kappa shape index (κ3) is 4.92. The fourth-order valence-corrected chi connectivity index (χ4v) is 5.42. The lowest BCUT2D eigenvalue weighted by Crippen LogP contribution is -2.60. The van der Waals surface area contributed by atoms with Gasteiger partial charge in [-0.3, -0.25) is 14.4 Å². The number of phenols is 1. The number of carbonyl (C=O) groups is 2. The molecule has 2 aromatic rings. The highest BCUT2D eigenvalue weighted by Crippen LogP contribution is 2.48. The number of nitrogens with one attached hydrogen (secondary N) is 1. The van der Waals surface area contributed by atoms with E-state index in [1.165, 1.54) is 18.3 Å². The Labute approximate surface area is 219 Å². The van der Waals surface area contributed by atoms with Crippen LogP contribution in [0.2, 0.25) is 5.02 Å². The Balaban J connectivity index is 1.73. The molecule has 4 rings (SSSR count). The second-order valence-corrected chi connectivity index (χ2v) is 10.2. The van der Waals surface area contributed by atoms with Crippen molar-refractivity contribution in [2.24, 2.45) is 5.92 Å². The number of aromatic hydroxyl groups is 1. The molecular formula is C26H31ClFN3O6. The summed E-state index contributed by atoms with van der Waals surface area (Å²) in [5, 5.41) is 11.7. The quantitative estimate of drug-likeness (QED) is 0.477. The van der Waals surface area contributed by atoms with Gasteiger partial charge in [-0.2, -0.15) is 0 Å². The number of ether oxygens (including phenoxy) is 2. The average Bonchev–Trinajstić information content (AvgIpc) is 2.85. The highest BCUT2D eigenvalue weighted by atomic mass is 35.5. The number of benzene rings is 1. The smallest absolute Gasteiger partial charge is 0.274 e. The zero-order valence-electron chi connectivity index (χ0n) is 21.1. The number of pyridine rings is 1. The Morgan fingerprint density at radius 1 is 1.32 bits per heavy atom. The van der Waals surface area contributed by atoms with Gasteiger partial charge in [0.25, 0.3) is 11.8 Å². The number of methoxy groups -OCH3 is 1. The van der Waals surface area contributed by atoms with Gasteiger partial charge < -0.3 is 29.4 Å². The van der Waals surface area contributed by atoms with Gasteiger partial charge in [-0.15, -0.1) is 0 Å². The average molecular weight is 536 g/mol. The standard InChI is InChI=1S/C26H31ClFN3O6/c1-4-5-8-37-23-21-25(35)30(2)14-26(9-15(10-26)13-36-3)31(21)12-17(22(23)33)24(34)29-11-16-6-7-18(32)19(27)20(16)28/h6-7,12,15,32H,4-5,8-11,13-14H2,1-3H3,(H,29,34). The first-order valence-electron chi connectivity index (χ1n) is 12.2. The molecule has 0 atom stereocenters. The van der Waals surface area contributed by atoms with Gasteiger partial charge in [-0.25, -0.2) is 4.39 Å². The summed E-state index contributed by atoms with van der Waals surface area (Å²) in [4.78, 5) is 41.5. The largest absolute Gasteiger partial charge is 0.506 e. The molecule has 1 fully saturated rings. The summed E-state index contributed by atoms with van der Waals surface area (Å²) in [7, 11) is 3.33. The Morgan fingerprint density at radius 2 is 2.05 bits per heavy atom. The molecule has 200 valence electrons.